The van der Waals surface area contributed by atoms with Gasteiger partial charge >= 0.3 is 222 Å². The first-order chi connectivity index (χ1) is 16.5. The molecule has 1 rings (SSSR count). The minimum atomic E-state index is -3.67. The zero-order valence-electron chi connectivity index (χ0n) is 23.6. The van der Waals surface area contributed by atoms with Gasteiger partial charge in [0, 0.05) is 0 Å². The van der Waals surface area contributed by atoms with E-state index >= 15 is 0 Å². The van der Waals surface area contributed by atoms with Gasteiger partial charge in [-0.05, 0) is 0 Å². The van der Waals surface area contributed by atoms with E-state index in [9.17, 15) is 13.5 Å². The molecule has 0 aromatic heterocycles. The fraction of sp³-hybridized carbons (Fsp3) is 0.724. The summed E-state index contributed by atoms with van der Waals surface area (Å²) >= 11 is -2.69. The van der Waals surface area contributed by atoms with Crippen molar-refractivity contribution < 1.29 is 13.5 Å². The molecular weight excluding hydrogens is 561 g/mol. The Hall–Kier alpha value is -0.531. The van der Waals surface area contributed by atoms with Gasteiger partial charge in [-0.2, -0.15) is 0 Å². The molecule has 0 aliphatic carbocycles. The monoisotopic (exact) mass is 615 g/mol. The van der Waals surface area contributed by atoms with E-state index < -0.39 is 28.4 Å². The maximum absolute atomic E-state index is 13.6. The van der Waals surface area contributed by atoms with E-state index in [0.29, 0.717) is 21.8 Å². The SMILES string of the molecule is CCC[CH2][Sn]([CH2]CCC)([CH2]CCC)[CH](/C=C/N(CCCO)S(=O)(=O)c1ccc(C)cc1)C(C)(C)C. The number of unbranched alkanes of at least 4 members (excludes halogenated alkanes) is 3. The van der Waals surface area contributed by atoms with Crippen LogP contribution in [0.25, 0.3) is 0 Å². The van der Waals surface area contributed by atoms with Gasteiger partial charge in [0.1, 0.15) is 0 Å². The summed E-state index contributed by atoms with van der Waals surface area (Å²) in [6, 6.07) is 7.08. The van der Waals surface area contributed by atoms with E-state index in [1.807, 2.05) is 25.3 Å². The molecule has 6 heteroatoms. The van der Waals surface area contributed by atoms with Crippen LogP contribution in [0.5, 0.6) is 0 Å². The van der Waals surface area contributed by atoms with E-state index in [-0.39, 0.29) is 12.0 Å². The number of nitrogens with zero attached hydrogens (tertiary/aromatic N) is 1. The Balaban J connectivity index is 3.54. The molecule has 0 spiro atoms. The predicted octanol–water partition coefficient (Wildman–Crippen LogP) is 8.15. The molecular formula is C29H53NO3SSn. The molecule has 0 saturated carbocycles. The standard InChI is InChI=1S/C17H26NO3S.3C4H9.Sn/c1-15-7-9-16(10-8-15)22(20,21)18(13-6-14-19)12-5-11-17(2,3)4;3*1-3-4-2;/h5,7-12,19H,6,13-14H2,1-4H3;3*1,3-4H2,2H3;/b12-5+;;;;. The summed E-state index contributed by atoms with van der Waals surface area (Å²) in [5.74, 6) is 0. The molecule has 35 heavy (non-hydrogen) atoms. The first kappa shape index (κ1) is 32.5. The number of aliphatic hydroxyl groups excluding tert-OH is 1. The molecule has 0 aliphatic heterocycles. The molecule has 0 aliphatic rings. The molecule has 0 heterocycles. The van der Waals surface area contributed by atoms with Crippen molar-refractivity contribution >= 4 is 28.4 Å². The Morgan fingerprint density at radius 3 is 1.80 bits per heavy atom. The molecule has 0 amide bonds. The Bertz CT molecular complexity index is 822. The fourth-order valence-corrected chi connectivity index (χ4v) is 27.2. The van der Waals surface area contributed by atoms with Crippen molar-refractivity contribution in [1.82, 2.24) is 4.31 Å². The Labute approximate surface area is 221 Å². The van der Waals surface area contributed by atoms with Crippen LogP contribution in [0.2, 0.25) is 17.2 Å². The van der Waals surface area contributed by atoms with Crippen LogP contribution >= 0.6 is 0 Å². The van der Waals surface area contributed by atoms with Gasteiger partial charge in [-0.3, -0.25) is 0 Å². The van der Waals surface area contributed by atoms with Gasteiger partial charge < -0.3 is 0 Å². The predicted molar refractivity (Wildman–Crippen MR) is 154 cm³/mol. The van der Waals surface area contributed by atoms with Crippen molar-refractivity contribution in [2.45, 2.75) is 116 Å². The summed E-state index contributed by atoms with van der Waals surface area (Å²) in [4.78, 5) is 0.315. The molecule has 0 bridgehead atoms. The molecule has 202 valence electrons. The molecule has 1 aromatic rings. The number of aryl methyl sites for hydroxylation is 1. The normalized spacial score (nSPS) is 13.9. The maximum atomic E-state index is 13.6. The van der Waals surface area contributed by atoms with Crippen molar-refractivity contribution in [1.29, 1.82) is 0 Å². The first-order valence-corrected chi connectivity index (χ1v) is 23.0. The Morgan fingerprint density at radius 1 is 0.914 bits per heavy atom. The number of aliphatic hydroxyl groups is 1. The van der Waals surface area contributed by atoms with E-state index in [0.717, 1.165) is 5.56 Å². The number of rotatable bonds is 17. The van der Waals surface area contributed by atoms with Crippen LogP contribution in [-0.2, 0) is 10.0 Å². The number of sulfonamides is 1. The summed E-state index contributed by atoms with van der Waals surface area (Å²) in [5.41, 5.74) is 1.13. The van der Waals surface area contributed by atoms with Crippen LogP contribution < -0.4 is 0 Å². The second kappa shape index (κ2) is 15.7. The molecule has 4 nitrogen and oxygen atoms in total. The number of allylic oxidation sites excluding steroid dienone is 1. The van der Waals surface area contributed by atoms with E-state index in [2.05, 4.69) is 47.6 Å². The van der Waals surface area contributed by atoms with Gasteiger partial charge in [0.05, 0.1) is 0 Å². The van der Waals surface area contributed by atoms with Gasteiger partial charge in [0.15, 0.2) is 0 Å². The van der Waals surface area contributed by atoms with E-state index in [1.54, 1.807) is 12.1 Å². The topological polar surface area (TPSA) is 57.6 Å². The summed E-state index contributed by atoms with van der Waals surface area (Å²) in [6.45, 7) is 16.2. The number of benzene rings is 1. The molecule has 1 aromatic carbocycles. The van der Waals surface area contributed by atoms with Crippen LogP contribution in [-0.4, -0.2) is 49.4 Å². The van der Waals surface area contributed by atoms with Crippen molar-refractivity contribution in [3.8, 4) is 0 Å². The quantitative estimate of drug-likeness (QED) is 0.180. The van der Waals surface area contributed by atoms with Gasteiger partial charge in [0.25, 0.3) is 0 Å². The third-order valence-corrected chi connectivity index (χ3v) is 27.4. The van der Waals surface area contributed by atoms with Crippen molar-refractivity contribution in [2.75, 3.05) is 13.2 Å². The summed E-state index contributed by atoms with van der Waals surface area (Å²) in [7, 11) is -3.67. The third kappa shape index (κ3) is 10.0. The average molecular weight is 615 g/mol. The second-order valence-electron chi connectivity index (χ2n) is 11.4. The van der Waals surface area contributed by atoms with Gasteiger partial charge in [-0.15, -0.1) is 0 Å². The van der Waals surface area contributed by atoms with Crippen molar-refractivity contribution in [2.24, 2.45) is 5.41 Å². The molecule has 1 unspecified atom stereocenters. The fourth-order valence-electron chi connectivity index (χ4n) is 5.37. The van der Waals surface area contributed by atoms with Crippen LogP contribution in [0, 0.1) is 12.3 Å². The third-order valence-electron chi connectivity index (χ3n) is 7.29. The number of hydrogen-bond donors (Lipinski definition) is 1. The molecule has 0 fully saturated rings. The molecule has 1 atom stereocenters. The van der Waals surface area contributed by atoms with E-state index in [1.165, 1.54) is 56.1 Å². The van der Waals surface area contributed by atoms with Crippen molar-refractivity contribution in [3.63, 3.8) is 0 Å². The minimum absolute atomic E-state index is 0.0247. The van der Waals surface area contributed by atoms with Gasteiger partial charge in [-0.1, -0.05) is 0 Å². The first-order valence-electron chi connectivity index (χ1n) is 13.9. The Morgan fingerprint density at radius 2 is 1.40 bits per heavy atom. The zero-order chi connectivity index (χ0) is 26.5. The van der Waals surface area contributed by atoms with Crippen LogP contribution in [0.1, 0.15) is 92.1 Å². The molecule has 1 N–H and O–H groups in total. The zero-order valence-corrected chi connectivity index (χ0v) is 27.3. The van der Waals surface area contributed by atoms with Crippen LogP contribution in [0.3, 0.4) is 0 Å². The summed E-state index contributed by atoms with van der Waals surface area (Å²) in [6.07, 6.45) is 12.1. The molecule has 0 saturated heterocycles. The second-order valence-corrected chi connectivity index (χ2v) is 27.1. The summed E-state index contributed by atoms with van der Waals surface area (Å²) in [5, 5.41) is 9.48. The number of hydrogen-bond acceptors (Lipinski definition) is 3. The van der Waals surface area contributed by atoms with Crippen LogP contribution in [0.4, 0.5) is 0 Å². The van der Waals surface area contributed by atoms with Gasteiger partial charge in [-0.25, -0.2) is 0 Å². The van der Waals surface area contributed by atoms with Crippen molar-refractivity contribution in [3.05, 3.63) is 42.1 Å². The van der Waals surface area contributed by atoms with Crippen LogP contribution in [0.15, 0.2) is 41.4 Å². The average Bonchev–Trinajstić information content (AvgIpc) is 2.81. The summed E-state index contributed by atoms with van der Waals surface area (Å²) < 4.78 is 33.3. The molecule has 0 radical (unpaired) electrons. The van der Waals surface area contributed by atoms with Gasteiger partial charge in [0.2, 0.25) is 0 Å². The van der Waals surface area contributed by atoms with E-state index in [4.69, 9.17) is 0 Å². The Kier molecular flexibility index (Phi) is 14.5.